The minimum atomic E-state index is -3.97. The van der Waals surface area contributed by atoms with E-state index < -0.39 is 15.9 Å². The highest BCUT2D eigenvalue weighted by Crippen LogP contribution is 2.22. The van der Waals surface area contributed by atoms with Gasteiger partial charge in [-0.25, -0.2) is 12.7 Å². The predicted molar refractivity (Wildman–Crippen MR) is 93.4 cm³/mol. The molecule has 0 aliphatic heterocycles. The Balaban J connectivity index is 2.46. The van der Waals surface area contributed by atoms with Gasteiger partial charge >= 0.3 is 0 Å². The second-order valence-electron chi connectivity index (χ2n) is 5.02. The smallest absolute Gasteiger partial charge is 0.267 e. The predicted octanol–water partition coefficient (Wildman–Crippen LogP) is 3.62. The molecule has 2 aromatic carbocycles. The Morgan fingerprint density at radius 2 is 1.65 bits per heavy atom. The van der Waals surface area contributed by atoms with Gasteiger partial charge in [0, 0.05) is 0 Å². The van der Waals surface area contributed by atoms with Crippen LogP contribution in [0.15, 0.2) is 70.6 Å². The summed E-state index contributed by atoms with van der Waals surface area (Å²) in [5.74, 6) is -0.686. The topological polar surface area (TPSA) is 54.5 Å². The Labute approximate surface area is 144 Å². The summed E-state index contributed by atoms with van der Waals surface area (Å²) in [7, 11) is -3.97. The van der Waals surface area contributed by atoms with Crippen LogP contribution in [-0.4, -0.2) is 18.6 Å². The van der Waals surface area contributed by atoms with Crippen molar-refractivity contribution in [2.24, 2.45) is 0 Å². The Bertz CT molecular complexity index is 815. The maximum Gasteiger partial charge on any atom is 0.274 e. The Morgan fingerprint density at radius 1 is 1.09 bits per heavy atom. The van der Waals surface area contributed by atoms with Crippen molar-refractivity contribution in [3.8, 4) is 0 Å². The van der Waals surface area contributed by atoms with Crippen molar-refractivity contribution in [3.63, 3.8) is 0 Å². The van der Waals surface area contributed by atoms with Crippen molar-refractivity contribution in [1.29, 1.82) is 0 Å². The number of carbonyl (C=O) groups is 1. The highest BCUT2D eigenvalue weighted by molar-refractivity contribution is 9.12. The van der Waals surface area contributed by atoms with E-state index in [4.69, 9.17) is 0 Å². The highest BCUT2D eigenvalue weighted by Gasteiger charge is 2.30. The van der Waals surface area contributed by atoms with E-state index in [1.165, 1.54) is 12.1 Å². The summed E-state index contributed by atoms with van der Waals surface area (Å²) in [5.41, 5.74) is 1.65. The van der Waals surface area contributed by atoms with Crippen LogP contribution in [0.1, 0.15) is 11.1 Å². The van der Waals surface area contributed by atoms with Crippen molar-refractivity contribution in [3.05, 3.63) is 76.8 Å². The molecule has 120 valence electrons. The molecule has 2 rings (SSSR count). The number of carbonyl (C=O) groups excluding carboxylic acids is 1. The van der Waals surface area contributed by atoms with Crippen molar-refractivity contribution < 1.29 is 13.2 Å². The molecule has 2 aromatic rings. The molecule has 0 spiro atoms. The lowest BCUT2D eigenvalue weighted by Gasteiger charge is -2.22. The van der Waals surface area contributed by atoms with Gasteiger partial charge in [-0.1, -0.05) is 54.6 Å². The van der Waals surface area contributed by atoms with Crippen LogP contribution in [0.2, 0.25) is 0 Å². The number of nitrogens with zero attached hydrogens (tertiary/aromatic N) is 1. The number of hydrogen-bond acceptors (Lipinski definition) is 3. The third-order valence-corrected chi connectivity index (χ3v) is 5.32. The first-order chi connectivity index (χ1) is 10.8. The lowest BCUT2D eigenvalue weighted by Crippen LogP contribution is -2.36. The van der Waals surface area contributed by atoms with E-state index >= 15 is 0 Å². The molecule has 0 fully saturated rings. The number of aryl methyl sites for hydroxylation is 1. The Kier molecular flexibility index (Phi) is 5.38. The first-order valence-corrected chi connectivity index (χ1v) is 9.08. The van der Waals surface area contributed by atoms with Gasteiger partial charge in [0.25, 0.3) is 15.9 Å². The third kappa shape index (κ3) is 4.09. The van der Waals surface area contributed by atoms with Gasteiger partial charge in [0.05, 0.1) is 15.9 Å². The monoisotopic (exact) mass is 393 g/mol. The van der Waals surface area contributed by atoms with Gasteiger partial charge in [0.1, 0.15) is 0 Å². The van der Waals surface area contributed by atoms with Crippen LogP contribution in [0.25, 0.3) is 0 Å². The average Bonchev–Trinajstić information content (AvgIpc) is 2.53. The van der Waals surface area contributed by atoms with E-state index in [0.717, 1.165) is 9.87 Å². The molecule has 0 atom stereocenters. The van der Waals surface area contributed by atoms with E-state index in [9.17, 15) is 13.2 Å². The minimum absolute atomic E-state index is 0.0101. The summed E-state index contributed by atoms with van der Waals surface area (Å²) in [4.78, 5) is 12.4. The number of sulfonamides is 1. The van der Waals surface area contributed by atoms with Crippen LogP contribution in [0.4, 0.5) is 0 Å². The molecular formula is C17H16BrNO3S. The van der Waals surface area contributed by atoms with Gasteiger partial charge in [-0.2, -0.15) is 0 Å². The summed E-state index contributed by atoms with van der Waals surface area (Å²) in [6.07, 6.45) is 0. The summed E-state index contributed by atoms with van der Waals surface area (Å²) >= 11 is 2.98. The minimum Gasteiger partial charge on any atom is -0.267 e. The quantitative estimate of drug-likeness (QED) is 0.728. The molecule has 0 saturated heterocycles. The van der Waals surface area contributed by atoms with E-state index in [1.807, 2.05) is 13.0 Å². The van der Waals surface area contributed by atoms with Crippen molar-refractivity contribution in [2.45, 2.75) is 18.4 Å². The van der Waals surface area contributed by atoms with Gasteiger partial charge in [0.15, 0.2) is 0 Å². The number of benzene rings is 2. The first-order valence-electron chi connectivity index (χ1n) is 6.84. The highest BCUT2D eigenvalue weighted by atomic mass is 79.9. The van der Waals surface area contributed by atoms with Crippen molar-refractivity contribution in [1.82, 2.24) is 4.31 Å². The van der Waals surface area contributed by atoms with E-state index in [2.05, 4.69) is 22.5 Å². The Morgan fingerprint density at radius 3 is 2.17 bits per heavy atom. The number of amides is 1. The molecule has 23 heavy (non-hydrogen) atoms. The SMILES string of the molecule is C=C(Br)C(=O)N(Cc1ccccc1)S(=O)(=O)c1ccc(C)cc1. The largest absolute Gasteiger partial charge is 0.274 e. The van der Waals surface area contributed by atoms with Crippen LogP contribution in [-0.2, 0) is 21.4 Å². The van der Waals surface area contributed by atoms with E-state index in [1.54, 1.807) is 36.4 Å². The molecule has 0 heterocycles. The zero-order valence-electron chi connectivity index (χ0n) is 12.6. The zero-order valence-corrected chi connectivity index (χ0v) is 15.0. The number of rotatable bonds is 5. The number of hydrogen-bond donors (Lipinski definition) is 0. The van der Waals surface area contributed by atoms with Crippen LogP contribution < -0.4 is 0 Å². The van der Waals surface area contributed by atoms with E-state index in [-0.39, 0.29) is 15.9 Å². The fourth-order valence-electron chi connectivity index (χ4n) is 1.99. The summed E-state index contributed by atoms with van der Waals surface area (Å²) in [6, 6.07) is 15.3. The molecule has 0 bridgehead atoms. The first kappa shape index (κ1) is 17.4. The summed E-state index contributed by atoms with van der Waals surface area (Å²) in [5, 5.41) is 0. The second-order valence-corrected chi connectivity index (χ2v) is 7.84. The fourth-order valence-corrected chi connectivity index (χ4v) is 3.70. The molecular weight excluding hydrogens is 378 g/mol. The molecule has 6 heteroatoms. The molecule has 4 nitrogen and oxygen atoms in total. The fraction of sp³-hybridized carbons (Fsp3) is 0.118. The van der Waals surface area contributed by atoms with Crippen LogP contribution in [0.3, 0.4) is 0 Å². The van der Waals surface area contributed by atoms with Gasteiger partial charge in [-0.15, -0.1) is 0 Å². The van der Waals surface area contributed by atoms with E-state index in [0.29, 0.717) is 5.56 Å². The molecule has 1 amide bonds. The van der Waals surface area contributed by atoms with Crippen LogP contribution in [0.5, 0.6) is 0 Å². The second kappa shape index (κ2) is 7.10. The number of halogens is 1. The molecule has 0 radical (unpaired) electrons. The molecule has 0 saturated carbocycles. The lowest BCUT2D eigenvalue weighted by molar-refractivity contribution is -0.122. The maximum absolute atomic E-state index is 12.8. The van der Waals surface area contributed by atoms with Gasteiger partial charge in [0.2, 0.25) is 0 Å². The van der Waals surface area contributed by atoms with Gasteiger partial charge < -0.3 is 0 Å². The van der Waals surface area contributed by atoms with Gasteiger partial charge in [-0.3, -0.25) is 4.79 Å². The molecule has 0 unspecified atom stereocenters. The molecule has 0 aliphatic carbocycles. The maximum atomic E-state index is 12.8. The normalized spacial score (nSPS) is 11.0. The zero-order chi connectivity index (χ0) is 17.0. The summed E-state index contributed by atoms with van der Waals surface area (Å²) < 4.78 is 26.5. The molecule has 0 N–H and O–H groups in total. The molecule has 0 aliphatic rings. The van der Waals surface area contributed by atoms with Crippen LogP contribution in [0, 0.1) is 6.92 Å². The standard InChI is InChI=1S/C17H16BrNO3S/c1-13-8-10-16(11-9-13)23(21,22)19(17(20)14(2)18)12-15-6-4-3-5-7-15/h3-11H,2,12H2,1H3. The lowest BCUT2D eigenvalue weighted by atomic mass is 10.2. The Hall–Kier alpha value is -1.92. The van der Waals surface area contributed by atoms with Crippen molar-refractivity contribution in [2.75, 3.05) is 0 Å². The van der Waals surface area contributed by atoms with Gasteiger partial charge in [-0.05, 0) is 40.5 Å². The molecule has 0 aromatic heterocycles. The average molecular weight is 394 g/mol. The van der Waals surface area contributed by atoms with Crippen molar-refractivity contribution >= 4 is 31.9 Å². The third-order valence-electron chi connectivity index (χ3n) is 3.24. The van der Waals surface area contributed by atoms with Crippen LogP contribution >= 0.6 is 15.9 Å². The summed E-state index contributed by atoms with van der Waals surface area (Å²) in [6.45, 7) is 5.31.